The zero-order valence-electron chi connectivity index (χ0n) is 30.7. The lowest BCUT2D eigenvalue weighted by molar-refractivity contribution is 1.11. The van der Waals surface area contributed by atoms with Crippen molar-refractivity contribution in [2.24, 2.45) is 0 Å². The third-order valence-corrected chi connectivity index (χ3v) is 11.3. The van der Waals surface area contributed by atoms with Crippen molar-refractivity contribution in [1.82, 2.24) is 28.5 Å². The zero-order valence-corrected chi connectivity index (χ0v) is 30.7. The van der Waals surface area contributed by atoms with E-state index in [9.17, 15) is 0 Å². The topological polar surface area (TPSA) is 52.9 Å². The summed E-state index contributed by atoms with van der Waals surface area (Å²) in [6.45, 7) is 0. The van der Waals surface area contributed by atoms with Gasteiger partial charge >= 0.3 is 0 Å². The van der Waals surface area contributed by atoms with Crippen molar-refractivity contribution in [3.05, 3.63) is 194 Å². The van der Waals surface area contributed by atoms with Crippen molar-refractivity contribution in [3.63, 3.8) is 0 Å². The Morgan fingerprint density at radius 1 is 0.316 bits per heavy atom. The van der Waals surface area contributed by atoms with Crippen LogP contribution in [0.2, 0.25) is 0 Å². The van der Waals surface area contributed by atoms with E-state index in [1.165, 1.54) is 21.9 Å². The van der Waals surface area contributed by atoms with E-state index in [4.69, 9.17) is 15.0 Å². The summed E-state index contributed by atoms with van der Waals surface area (Å²) in [6.07, 6.45) is 0. The van der Waals surface area contributed by atoms with Crippen LogP contribution in [0.3, 0.4) is 0 Å². The van der Waals surface area contributed by atoms with Crippen LogP contribution in [0.25, 0.3) is 106 Å². The molecule has 4 heterocycles. The van der Waals surface area contributed by atoms with Crippen LogP contribution in [-0.2, 0) is 0 Å². The first-order valence-corrected chi connectivity index (χ1v) is 19.2. The fourth-order valence-electron chi connectivity index (χ4n) is 8.62. The number of rotatable bonds is 5. The Morgan fingerprint density at radius 2 is 0.895 bits per heavy atom. The fraction of sp³-hybridized carbons (Fsp3) is 0. The first-order valence-electron chi connectivity index (χ1n) is 19.2. The van der Waals surface area contributed by atoms with Crippen molar-refractivity contribution in [1.29, 1.82) is 0 Å². The SMILES string of the molecule is c1ccc(-c2ccc(-c3nc(-c4ccc(-n5c6ccccc6c6cc(-n7c8ccccc8n8c9ccccc9nc78)ccc65)cc4)nc4ccccc34)cc2)cc1. The molecule has 0 atom stereocenters. The van der Waals surface area contributed by atoms with Crippen LogP contribution in [0.5, 0.6) is 0 Å². The van der Waals surface area contributed by atoms with Crippen LogP contribution in [-0.4, -0.2) is 28.5 Å². The third kappa shape index (κ3) is 4.87. The summed E-state index contributed by atoms with van der Waals surface area (Å²) in [5, 5.41) is 3.41. The Kier molecular flexibility index (Phi) is 6.83. The maximum Gasteiger partial charge on any atom is 0.220 e. The van der Waals surface area contributed by atoms with E-state index in [2.05, 4.69) is 189 Å². The van der Waals surface area contributed by atoms with E-state index in [-0.39, 0.29) is 0 Å². The minimum atomic E-state index is 0.700. The number of imidazole rings is 2. The minimum Gasteiger partial charge on any atom is -0.309 e. The Hall–Kier alpha value is -7.83. The number of para-hydroxylation sites is 6. The lowest BCUT2D eigenvalue weighted by Gasteiger charge is -2.12. The van der Waals surface area contributed by atoms with E-state index in [1.807, 2.05) is 18.2 Å². The Morgan fingerprint density at radius 3 is 1.70 bits per heavy atom. The highest BCUT2D eigenvalue weighted by Gasteiger charge is 2.19. The van der Waals surface area contributed by atoms with Gasteiger partial charge in [0.1, 0.15) is 0 Å². The largest absolute Gasteiger partial charge is 0.309 e. The molecule has 0 saturated heterocycles. The average molecular weight is 729 g/mol. The maximum atomic E-state index is 5.20. The van der Waals surface area contributed by atoms with Gasteiger partial charge in [0.2, 0.25) is 5.78 Å². The van der Waals surface area contributed by atoms with Gasteiger partial charge in [-0.05, 0) is 90.0 Å². The molecule has 0 aliphatic rings. The number of hydrogen-bond acceptors (Lipinski definition) is 3. The van der Waals surface area contributed by atoms with Gasteiger partial charge in [-0.15, -0.1) is 0 Å². The van der Waals surface area contributed by atoms with Crippen LogP contribution >= 0.6 is 0 Å². The molecular weight excluding hydrogens is 697 g/mol. The fourth-order valence-corrected chi connectivity index (χ4v) is 8.62. The predicted molar refractivity (Wildman–Crippen MR) is 233 cm³/mol. The quantitative estimate of drug-likeness (QED) is 0.177. The molecule has 4 aromatic heterocycles. The number of aromatic nitrogens is 6. The van der Waals surface area contributed by atoms with Crippen LogP contribution in [0.15, 0.2) is 194 Å². The van der Waals surface area contributed by atoms with Gasteiger partial charge in [-0.25, -0.2) is 15.0 Å². The molecule has 0 fully saturated rings. The molecular formula is C51H32N6. The average Bonchev–Trinajstić information content (AvgIpc) is 3.93. The Labute approximate surface area is 327 Å². The first-order chi connectivity index (χ1) is 28.3. The molecule has 0 aliphatic heterocycles. The molecule has 0 radical (unpaired) electrons. The maximum absolute atomic E-state index is 5.20. The molecule has 6 heteroatoms. The second kappa shape index (κ2) is 12.3. The van der Waals surface area contributed by atoms with Crippen LogP contribution in [0.4, 0.5) is 0 Å². The standard InChI is InChI=1S/C51H32N6/c1-2-12-33(13-3-1)34-22-24-35(25-23-34)49-40-15-4-6-16-42(40)52-50(54-49)36-26-28-37(29-27-36)55-44-18-8-5-14-39(44)41-32-38(30-31-45(41)55)56-47-20-10-11-21-48(47)57-46-19-9-7-17-43(46)53-51(56)57/h1-32H. The Bertz CT molecular complexity index is 3500. The van der Waals surface area contributed by atoms with E-state index in [1.54, 1.807) is 0 Å². The monoisotopic (exact) mass is 728 g/mol. The number of nitrogens with zero attached hydrogens (tertiary/aromatic N) is 6. The second-order valence-corrected chi connectivity index (χ2v) is 14.5. The molecule has 0 unspecified atom stereocenters. The highest BCUT2D eigenvalue weighted by molar-refractivity contribution is 6.10. The van der Waals surface area contributed by atoms with E-state index in [0.717, 1.165) is 78.0 Å². The van der Waals surface area contributed by atoms with Crippen molar-refractivity contribution in [3.8, 4) is 45.1 Å². The van der Waals surface area contributed by atoms with E-state index < -0.39 is 0 Å². The lowest BCUT2D eigenvalue weighted by Crippen LogP contribution is -1.97. The van der Waals surface area contributed by atoms with Gasteiger partial charge < -0.3 is 4.57 Å². The lowest BCUT2D eigenvalue weighted by atomic mass is 10.0. The first kappa shape index (κ1) is 31.5. The molecule has 0 bridgehead atoms. The van der Waals surface area contributed by atoms with Crippen LogP contribution in [0, 0.1) is 0 Å². The second-order valence-electron chi connectivity index (χ2n) is 14.5. The minimum absolute atomic E-state index is 0.700. The molecule has 12 rings (SSSR count). The van der Waals surface area contributed by atoms with Crippen molar-refractivity contribution < 1.29 is 0 Å². The molecule has 0 aliphatic carbocycles. The predicted octanol–water partition coefficient (Wildman–Crippen LogP) is 12.5. The summed E-state index contributed by atoms with van der Waals surface area (Å²) in [4.78, 5) is 15.4. The molecule has 12 aromatic rings. The molecule has 0 amide bonds. The summed E-state index contributed by atoms with van der Waals surface area (Å²) in [7, 11) is 0. The van der Waals surface area contributed by atoms with Gasteiger partial charge in [-0.1, -0.05) is 115 Å². The van der Waals surface area contributed by atoms with E-state index in [0.29, 0.717) is 5.82 Å². The van der Waals surface area contributed by atoms with Gasteiger partial charge in [0.05, 0.1) is 44.3 Å². The highest BCUT2D eigenvalue weighted by Crippen LogP contribution is 2.37. The summed E-state index contributed by atoms with van der Waals surface area (Å²) < 4.78 is 6.90. The zero-order chi connectivity index (χ0) is 37.5. The molecule has 57 heavy (non-hydrogen) atoms. The molecule has 0 saturated carbocycles. The Balaban J connectivity index is 0.967. The van der Waals surface area contributed by atoms with Gasteiger partial charge in [-0.2, -0.15) is 0 Å². The van der Waals surface area contributed by atoms with Gasteiger partial charge in [0.25, 0.3) is 0 Å². The highest BCUT2D eigenvalue weighted by atomic mass is 15.2. The third-order valence-electron chi connectivity index (χ3n) is 11.3. The van der Waals surface area contributed by atoms with Crippen molar-refractivity contribution in [2.45, 2.75) is 0 Å². The molecule has 0 spiro atoms. The van der Waals surface area contributed by atoms with Crippen molar-refractivity contribution in [2.75, 3.05) is 0 Å². The molecule has 0 N–H and O–H groups in total. The molecule has 6 nitrogen and oxygen atoms in total. The number of benzene rings is 8. The van der Waals surface area contributed by atoms with Crippen molar-refractivity contribution >= 4 is 60.6 Å². The molecule has 266 valence electrons. The van der Waals surface area contributed by atoms with Gasteiger partial charge in [0.15, 0.2) is 5.82 Å². The number of hydrogen-bond donors (Lipinski definition) is 0. The number of fused-ring (bicyclic) bond motifs is 9. The van der Waals surface area contributed by atoms with Crippen LogP contribution < -0.4 is 0 Å². The normalized spacial score (nSPS) is 11.9. The summed E-state index contributed by atoms with van der Waals surface area (Å²) >= 11 is 0. The summed E-state index contributed by atoms with van der Waals surface area (Å²) in [5.41, 5.74) is 15.0. The van der Waals surface area contributed by atoms with Crippen LogP contribution in [0.1, 0.15) is 0 Å². The molecule has 8 aromatic carbocycles. The smallest absolute Gasteiger partial charge is 0.220 e. The van der Waals surface area contributed by atoms with Gasteiger partial charge in [-0.3, -0.25) is 8.97 Å². The van der Waals surface area contributed by atoms with E-state index >= 15 is 0 Å². The summed E-state index contributed by atoms with van der Waals surface area (Å²) in [6, 6.07) is 68.4. The van der Waals surface area contributed by atoms with Gasteiger partial charge in [0, 0.05) is 38.7 Å². The summed E-state index contributed by atoms with van der Waals surface area (Å²) in [5.74, 6) is 1.60.